The summed E-state index contributed by atoms with van der Waals surface area (Å²) in [5.41, 5.74) is 1.34. The van der Waals surface area contributed by atoms with Crippen molar-refractivity contribution in [3.8, 4) is 0 Å². The van der Waals surface area contributed by atoms with Crippen LogP contribution in [0.1, 0.15) is 5.56 Å². The summed E-state index contributed by atoms with van der Waals surface area (Å²) in [7, 11) is -3.94. The molecule has 0 saturated carbocycles. The number of halogens is 1. The lowest BCUT2D eigenvalue weighted by atomic mass is 10.2. The number of aryl methyl sites for hydroxylation is 1. The summed E-state index contributed by atoms with van der Waals surface area (Å²) in [4.78, 5) is 14.9. The van der Waals surface area contributed by atoms with Crippen LogP contribution in [-0.2, 0) is 19.6 Å². The van der Waals surface area contributed by atoms with Crippen LogP contribution in [0.3, 0.4) is 0 Å². The number of carbonyl (C=O) groups is 1. The molecule has 9 heteroatoms. The summed E-state index contributed by atoms with van der Waals surface area (Å²) in [6, 6.07) is 13.0. The molecule has 0 spiro atoms. The van der Waals surface area contributed by atoms with Crippen molar-refractivity contribution in [2.24, 2.45) is 0 Å². The molecule has 0 aliphatic carbocycles. The van der Waals surface area contributed by atoms with Crippen LogP contribution in [0.5, 0.6) is 0 Å². The molecular formula is C21H26ClN3O4S. The maximum Gasteiger partial charge on any atom is 0.264 e. The quantitative estimate of drug-likeness (QED) is 0.666. The van der Waals surface area contributed by atoms with Crippen LogP contribution in [0.25, 0.3) is 0 Å². The molecule has 1 N–H and O–H groups in total. The first kappa shape index (κ1) is 22.6. The number of amides is 1. The third-order valence-corrected chi connectivity index (χ3v) is 6.87. The molecular weight excluding hydrogens is 426 g/mol. The Hall–Kier alpha value is -2.13. The van der Waals surface area contributed by atoms with E-state index in [1.54, 1.807) is 18.2 Å². The lowest BCUT2D eigenvalue weighted by molar-refractivity contribution is -0.119. The van der Waals surface area contributed by atoms with Gasteiger partial charge in [0.2, 0.25) is 5.91 Å². The van der Waals surface area contributed by atoms with Gasteiger partial charge in [-0.25, -0.2) is 8.42 Å². The van der Waals surface area contributed by atoms with E-state index in [9.17, 15) is 13.2 Å². The smallest absolute Gasteiger partial charge is 0.264 e. The Morgan fingerprint density at radius 1 is 1.17 bits per heavy atom. The highest BCUT2D eigenvalue weighted by atomic mass is 35.5. The summed E-state index contributed by atoms with van der Waals surface area (Å²) in [5, 5.41) is 3.27. The number of sulfonamides is 1. The standard InChI is InChI=1S/C21H26ClN3O4S/c1-17-3-2-4-19(15-17)25(30(27,28)20-7-5-18(22)6-8-20)16-21(26)23-9-10-24-11-13-29-14-12-24/h2-8,15H,9-14,16H2,1H3,(H,23,26). The summed E-state index contributed by atoms with van der Waals surface area (Å²) < 4.78 is 33.0. The molecule has 0 aromatic heterocycles. The van der Waals surface area contributed by atoms with Gasteiger partial charge in [-0.05, 0) is 48.9 Å². The normalized spacial score (nSPS) is 15.0. The fourth-order valence-corrected chi connectivity index (χ4v) is 4.74. The molecule has 162 valence electrons. The van der Waals surface area contributed by atoms with E-state index in [4.69, 9.17) is 16.3 Å². The number of ether oxygens (including phenoxy) is 1. The van der Waals surface area contributed by atoms with Gasteiger partial charge in [0.1, 0.15) is 6.54 Å². The highest BCUT2D eigenvalue weighted by molar-refractivity contribution is 7.92. The summed E-state index contributed by atoms with van der Waals surface area (Å²) in [6.45, 7) is 5.75. The lowest BCUT2D eigenvalue weighted by Crippen LogP contribution is -2.44. The predicted octanol–water partition coefficient (Wildman–Crippen LogP) is 2.29. The topological polar surface area (TPSA) is 79.0 Å². The number of benzene rings is 2. The molecule has 1 saturated heterocycles. The van der Waals surface area contributed by atoms with Gasteiger partial charge in [0.15, 0.2) is 0 Å². The minimum atomic E-state index is -3.94. The van der Waals surface area contributed by atoms with Crippen molar-refractivity contribution in [3.05, 3.63) is 59.1 Å². The Kier molecular flexibility index (Phi) is 7.71. The lowest BCUT2D eigenvalue weighted by Gasteiger charge is -2.27. The van der Waals surface area contributed by atoms with Gasteiger partial charge in [0.05, 0.1) is 23.8 Å². The highest BCUT2D eigenvalue weighted by Crippen LogP contribution is 2.25. The maximum absolute atomic E-state index is 13.3. The van der Waals surface area contributed by atoms with Crippen molar-refractivity contribution in [1.82, 2.24) is 10.2 Å². The fourth-order valence-electron chi connectivity index (χ4n) is 3.20. The molecule has 2 aromatic carbocycles. The predicted molar refractivity (Wildman–Crippen MR) is 117 cm³/mol. The zero-order valence-corrected chi connectivity index (χ0v) is 18.5. The average Bonchev–Trinajstić information content (AvgIpc) is 2.73. The van der Waals surface area contributed by atoms with Gasteiger partial charge >= 0.3 is 0 Å². The molecule has 0 radical (unpaired) electrons. The van der Waals surface area contributed by atoms with Crippen molar-refractivity contribution in [3.63, 3.8) is 0 Å². The highest BCUT2D eigenvalue weighted by Gasteiger charge is 2.27. The summed E-state index contributed by atoms with van der Waals surface area (Å²) in [5.74, 6) is -0.359. The molecule has 0 unspecified atom stereocenters. The number of nitrogens with one attached hydrogen (secondary N) is 1. The molecule has 1 aliphatic heterocycles. The minimum absolute atomic E-state index is 0.0783. The molecule has 30 heavy (non-hydrogen) atoms. The zero-order valence-electron chi connectivity index (χ0n) is 16.9. The minimum Gasteiger partial charge on any atom is -0.379 e. The van der Waals surface area contributed by atoms with E-state index in [1.807, 2.05) is 13.0 Å². The molecule has 1 amide bonds. The van der Waals surface area contributed by atoms with Crippen molar-refractivity contribution in [2.75, 3.05) is 50.2 Å². The first-order valence-electron chi connectivity index (χ1n) is 9.78. The van der Waals surface area contributed by atoms with Crippen LogP contribution in [0, 0.1) is 6.92 Å². The van der Waals surface area contributed by atoms with Crippen LogP contribution in [-0.4, -0.2) is 65.2 Å². The monoisotopic (exact) mass is 451 g/mol. The van der Waals surface area contributed by atoms with E-state index in [2.05, 4.69) is 10.2 Å². The molecule has 1 heterocycles. The fraction of sp³-hybridized carbons (Fsp3) is 0.381. The second kappa shape index (κ2) is 10.3. The second-order valence-electron chi connectivity index (χ2n) is 7.11. The van der Waals surface area contributed by atoms with Gasteiger partial charge in [-0.2, -0.15) is 0 Å². The van der Waals surface area contributed by atoms with Crippen molar-refractivity contribution >= 4 is 33.2 Å². The number of anilines is 1. The molecule has 3 rings (SSSR count). The van der Waals surface area contributed by atoms with Crippen molar-refractivity contribution in [2.45, 2.75) is 11.8 Å². The van der Waals surface area contributed by atoms with Gasteiger partial charge in [-0.1, -0.05) is 23.7 Å². The van der Waals surface area contributed by atoms with Gasteiger partial charge in [-0.15, -0.1) is 0 Å². The molecule has 1 fully saturated rings. The zero-order chi connectivity index (χ0) is 21.6. The number of hydrogen-bond acceptors (Lipinski definition) is 5. The third-order valence-electron chi connectivity index (χ3n) is 4.83. The third kappa shape index (κ3) is 5.95. The molecule has 1 aliphatic rings. The van der Waals surface area contributed by atoms with Gasteiger partial charge in [-0.3, -0.25) is 14.0 Å². The van der Waals surface area contributed by atoms with Crippen LogP contribution in [0.4, 0.5) is 5.69 Å². The first-order valence-corrected chi connectivity index (χ1v) is 11.6. The average molecular weight is 452 g/mol. The largest absolute Gasteiger partial charge is 0.379 e. The molecule has 0 atom stereocenters. The van der Waals surface area contributed by atoms with E-state index in [1.165, 1.54) is 24.3 Å². The van der Waals surface area contributed by atoms with E-state index in [0.717, 1.165) is 23.0 Å². The Bertz CT molecular complexity index is 960. The second-order valence-corrected chi connectivity index (χ2v) is 9.41. The van der Waals surface area contributed by atoms with Crippen LogP contribution < -0.4 is 9.62 Å². The van der Waals surface area contributed by atoms with Crippen molar-refractivity contribution < 1.29 is 17.9 Å². The van der Waals surface area contributed by atoms with Crippen molar-refractivity contribution in [1.29, 1.82) is 0 Å². The van der Waals surface area contributed by atoms with Gasteiger partial charge in [0.25, 0.3) is 10.0 Å². The van der Waals surface area contributed by atoms with E-state index in [-0.39, 0.29) is 17.3 Å². The summed E-state index contributed by atoms with van der Waals surface area (Å²) >= 11 is 5.90. The van der Waals surface area contributed by atoms with Crippen LogP contribution in [0.15, 0.2) is 53.4 Å². The van der Waals surface area contributed by atoms with E-state index < -0.39 is 10.0 Å². The van der Waals surface area contributed by atoms with E-state index >= 15 is 0 Å². The summed E-state index contributed by atoms with van der Waals surface area (Å²) in [6.07, 6.45) is 0. The Balaban J connectivity index is 1.74. The Morgan fingerprint density at radius 3 is 2.53 bits per heavy atom. The van der Waals surface area contributed by atoms with Crippen LogP contribution >= 0.6 is 11.6 Å². The van der Waals surface area contributed by atoms with Gasteiger partial charge < -0.3 is 10.1 Å². The SMILES string of the molecule is Cc1cccc(N(CC(=O)NCCN2CCOCC2)S(=O)(=O)c2ccc(Cl)cc2)c1. The number of hydrogen-bond donors (Lipinski definition) is 1. The molecule has 7 nitrogen and oxygen atoms in total. The molecule has 0 bridgehead atoms. The number of rotatable bonds is 8. The number of nitrogens with zero attached hydrogens (tertiary/aromatic N) is 2. The molecule has 2 aromatic rings. The van der Waals surface area contributed by atoms with Crippen LogP contribution in [0.2, 0.25) is 5.02 Å². The first-order chi connectivity index (χ1) is 14.4. The van der Waals surface area contributed by atoms with Gasteiger partial charge in [0, 0.05) is 31.2 Å². The Labute approximate surface area is 182 Å². The number of carbonyl (C=O) groups excluding carboxylic acids is 1. The number of morpholine rings is 1. The Morgan fingerprint density at radius 2 is 1.87 bits per heavy atom. The maximum atomic E-state index is 13.3. The van der Waals surface area contributed by atoms with E-state index in [0.29, 0.717) is 37.0 Å².